The van der Waals surface area contributed by atoms with Crippen LogP contribution in [0.3, 0.4) is 0 Å². The van der Waals surface area contributed by atoms with Crippen molar-refractivity contribution < 1.29 is 9.18 Å². The summed E-state index contributed by atoms with van der Waals surface area (Å²) in [6.07, 6.45) is 1.69. The van der Waals surface area contributed by atoms with Gasteiger partial charge < -0.3 is 5.32 Å². The first-order valence-electron chi connectivity index (χ1n) is 9.63. The highest BCUT2D eigenvalue weighted by Gasteiger charge is 2.19. The molecule has 0 saturated heterocycles. The topological polar surface area (TPSA) is 59.8 Å². The molecule has 5 nitrogen and oxygen atoms in total. The molecule has 30 heavy (non-hydrogen) atoms. The molecule has 0 spiro atoms. The lowest BCUT2D eigenvalue weighted by Crippen LogP contribution is -2.26. The number of aromatic nitrogens is 3. The first-order chi connectivity index (χ1) is 14.5. The fraction of sp³-hybridized carbons (Fsp3) is 0.125. The number of carbonyl (C=O) groups excluding carboxylic acids is 1. The van der Waals surface area contributed by atoms with E-state index in [0.29, 0.717) is 17.9 Å². The van der Waals surface area contributed by atoms with Gasteiger partial charge in [-0.1, -0.05) is 23.8 Å². The molecule has 2 aromatic carbocycles. The van der Waals surface area contributed by atoms with Gasteiger partial charge in [-0.3, -0.25) is 9.78 Å². The maximum absolute atomic E-state index is 13.3. The van der Waals surface area contributed by atoms with Crippen molar-refractivity contribution >= 4 is 5.91 Å². The Labute approximate surface area is 174 Å². The van der Waals surface area contributed by atoms with Gasteiger partial charge in [-0.25, -0.2) is 9.07 Å². The van der Waals surface area contributed by atoms with Gasteiger partial charge in [0.1, 0.15) is 11.5 Å². The van der Waals surface area contributed by atoms with Crippen LogP contribution < -0.4 is 5.32 Å². The maximum Gasteiger partial charge on any atom is 0.270 e. The van der Waals surface area contributed by atoms with E-state index in [1.54, 1.807) is 29.1 Å². The number of halogens is 1. The van der Waals surface area contributed by atoms with E-state index in [1.807, 2.05) is 50.2 Å². The van der Waals surface area contributed by atoms with Gasteiger partial charge in [-0.15, -0.1) is 0 Å². The van der Waals surface area contributed by atoms with Gasteiger partial charge in [0, 0.05) is 11.8 Å². The lowest BCUT2D eigenvalue weighted by atomic mass is 10.1. The van der Waals surface area contributed by atoms with Crippen LogP contribution in [-0.2, 0) is 6.54 Å². The molecular weight excluding hydrogens is 379 g/mol. The Bertz CT molecular complexity index is 1180. The van der Waals surface area contributed by atoms with Crippen molar-refractivity contribution in [2.75, 3.05) is 0 Å². The lowest BCUT2D eigenvalue weighted by molar-refractivity contribution is 0.0942. The van der Waals surface area contributed by atoms with E-state index in [9.17, 15) is 9.18 Å². The Morgan fingerprint density at radius 1 is 1.03 bits per heavy atom. The van der Waals surface area contributed by atoms with Crippen molar-refractivity contribution in [1.82, 2.24) is 20.1 Å². The van der Waals surface area contributed by atoms with E-state index in [2.05, 4.69) is 15.4 Å². The van der Waals surface area contributed by atoms with Gasteiger partial charge in [0.25, 0.3) is 5.91 Å². The standard InChI is InChI=1S/C24H21FN4O/c1-16-6-11-22(17(2)13-16)29-23(24(30)27-15-20-5-3-4-12-26-20)14-21(28-29)18-7-9-19(25)10-8-18/h3-14H,15H2,1-2H3,(H,27,30). The fourth-order valence-electron chi connectivity index (χ4n) is 3.30. The Hall–Kier alpha value is -3.80. The van der Waals surface area contributed by atoms with Gasteiger partial charge in [-0.2, -0.15) is 5.10 Å². The number of nitrogens with one attached hydrogen (secondary N) is 1. The molecule has 1 N–H and O–H groups in total. The predicted octanol–water partition coefficient (Wildman–Crippen LogP) is 4.62. The molecule has 0 saturated carbocycles. The van der Waals surface area contributed by atoms with Crippen molar-refractivity contribution in [1.29, 1.82) is 0 Å². The van der Waals surface area contributed by atoms with Gasteiger partial charge in [0.05, 0.1) is 23.6 Å². The van der Waals surface area contributed by atoms with Crippen LogP contribution in [0, 0.1) is 19.7 Å². The summed E-state index contributed by atoms with van der Waals surface area (Å²) in [5, 5.41) is 7.57. The van der Waals surface area contributed by atoms with E-state index in [4.69, 9.17) is 0 Å². The van der Waals surface area contributed by atoms with Crippen molar-refractivity contribution in [3.63, 3.8) is 0 Å². The molecule has 0 aliphatic rings. The molecule has 0 atom stereocenters. The zero-order valence-corrected chi connectivity index (χ0v) is 16.8. The Kier molecular flexibility index (Phi) is 5.39. The summed E-state index contributed by atoms with van der Waals surface area (Å²) in [7, 11) is 0. The second kappa shape index (κ2) is 8.29. The zero-order valence-electron chi connectivity index (χ0n) is 16.8. The molecule has 0 unspecified atom stereocenters. The van der Waals surface area contributed by atoms with Crippen LogP contribution in [0.1, 0.15) is 27.3 Å². The van der Waals surface area contributed by atoms with Crippen LogP contribution >= 0.6 is 0 Å². The summed E-state index contributed by atoms with van der Waals surface area (Å²) in [5.41, 5.74) is 5.44. The summed E-state index contributed by atoms with van der Waals surface area (Å²) in [6.45, 7) is 4.31. The molecule has 2 aromatic heterocycles. The summed E-state index contributed by atoms with van der Waals surface area (Å²) >= 11 is 0. The Morgan fingerprint density at radius 3 is 2.53 bits per heavy atom. The maximum atomic E-state index is 13.3. The smallest absolute Gasteiger partial charge is 0.270 e. The number of pyridine rings is 1. The number of carbonyl (C=O) groups is 1. The number of hydrogen-bond acceptors (Lipinski definition) is 3. The molecule has 0 bridgehead atoms. The fourth-order valence-corrected chi connectivity index (χ4v) is 3.30. The van der Waals surface area contributed by atoms with Crippen molar-refractivity contribution in [3.8, 4) is 16.9 Å². The molecule has 2 heterocycles. The van der Waals surface area contributed by atoms with Crippen molar-refractivity contribution in [3.05, 3.63) is 101 Å². The van der Waals surface area contributed by atoms with E-state index < -0.39 is 0 Å². The zero-order chi connectivity index (χ0) is 21.1. The second-order valence-corrected chi connectivity index (χ2v) is 7.13. The van der Waals surface area contributed by atoms with E-state index in [0.717, 1.165) is 28.1 Å². The lowest BCUT2D eigenvalue weighted by Gasteiger charge is -2.11. The third-order valence-corrected chi connectivity index (χ3v) is 4.82. The minimum atomic E-state index is -0.319. The van der Waals surface area contributed by atoms with Crippen LogP contribution in [0.4, 0.5) is 4.39 Å². The number of amides is 1. The summed E-state index contributed by atoms with van der Waals surface area (Å²) in [5.74, 6) is -0.581. The van der Waals surface area contributed by atoms with E-state index >= 15 is 0 Å². The van der Waals surface area contributed by atoms with Gasteiger partial charge in [0.15, 0.2) is 0 Å². The molecule has 0 aliphatic carbocycles. The van der Waals surface area contributed by atoms with Gasteiger partial charge in [0.2, 0.25) is 0 Å². The molecule has 150 valence electrons. The monoisotopic (exact) mass is 400 g/mol. The highest BCUT2D eigenvalue weighted by molar-refractivity contribution is 5.94. The van der Waals surface area contributed by atoms with Crippen LogP contribution in [0.15, 0.2) is 72.9 Å². The third-order valence-electron chi connectivity index (χ3n) is 4.82. The van der Waals surface area contributed by atoms with E-state index in [1.165, 1.54) is 12.1 Å². The number of nitrogens with zero attached hydrogens (tertiary/aromatic N) is 3. The number of aryl methyl sites for hydroxylation is 2. The number of hydrogen-bond donors (Lipinski definition) is 1. The minimum Gasteiger partial charge on any atom is -0.345 e. The SMILES string of the molecule is Cc1ccc(-n2nc(-c3ccc(F)cc3)cc2C(=O)NCc2ccccn2)c(C)c1. The summed E-state index contributed by atoms with van der Waals surface area (Å²) < 4.78 is 15.0. The van der Waals surface area contributed by atoms with Crippen LogP contribution in [0.5, 0.6) is 0 Å². The largest absolute Gasteiger partial charge is 0.345 e. The molecule has 0 radical (unpaired) electrons. The van der Waals surface area contributed by atoms with Crippen molar-refractivity contribution in [2.45, 2.75) is 20.4 Å². The number of benzene rings is 2. The quantitative estimate of drug-likeness (QED) is 0.532. The highest BCUT2D eigenvalue weighted by atomic mass is 19.1. The predicted molar refractivity (Wildman–Crippen MR) is 114 cm³/mol. The molecule has 0 aliphatic heterocycles. The minimum absolute atomic E-state index is 0.263. The molecule has 1 amide bonds. The van der Waals surface area contributed by atoms with E-state index in [-0.39, 0.29) is 11.7 Å². The summed E-state index contributed by atoms with van der Waals surface area (Å²) in [6, 6.07) is 19.3. The molecule has 0 fully saturated rings. The Balaban J connectivity index is 1.73. The molecule has 4 rings (SSSR count). The van der Waals surface area contributed by atoms with Gasteiger partial charge in [-0.05, 0) is 67.9 Å². The average molecular weight is 400 g/mol. The second-order valence-electron chi connectivity index (χ2n) is 7.13. The Morgan fingerprint density at radius 2 is 1.83 bits per heavy atom. The number of rotatable bonds is 5. The summed E-state index contributed by atoms with van der Waals surface area (Å²) in [4.78, 5) is 17.3. The van der Waals surface area contributed by atoms with Gasteiger partial charge >= 0.3 is 0 Å². The highest BCUT2D eigenvalue weighted by Crippen LogP contribution is 2.24. The molecule has 6 heteroatoms. The normalized spacial score (nSPS) is 10.8. The first kappa shape index (κ1) is 19.5. The average Bonchev–Trinajstić information content (AvgIpc) is 3.18. The molecular formula is C24H21FN4O. The van der Waals surface area contributed by atoms with Crippen molar-refractivity contribution in [2.24, 2.45) is 0 Å². The van der Waals surface area contributed by atoms with Crippen LogP contribution in [0.2, 0.25) is 0 Å². The van der Waals surface area contributed by atoms with Crippen LogP contribution in [-0.4, -0.2) is 20.7 Å². The van der Waals surface area contributed by atoms with Crippen LogP contribution in [0.25, 0.3) is 16.9 Å². The first-order valence-corrected chi connectivity index (χ1v) is 9.63. The third kappa shape index (κ3) is 4.12. The molecule has 4 aromatic rings.